The van der Waals surface area contributed by atoms with Crippen LogP contribution in [0.2, 0.25) is 0 Å². The molecule has 2 fully saturated rings. The minimum atomic E-state index is -3.54. The van der Waals surface area contributed by atoms with Crippen molar-refractivity contribution in [2.75, 3.05) is 49.5 Å². The average Bonchev–Trinajstić information content (AvgIpc) is 3.31. The summed E-state index contributed by atoms with van der Waals surface area (Å²) < 4.78 is 33.0. The zero-order valence-electron chi connectivity index (χ0n) is 18.1. The summed E-state index contributed by atoms with van der Waals surface area (Å²) in [6.45, 7) is 4.89. The molecule has 2 saturated heterocycles. The van der Waals surface area contributed by atoms with Gasteiger partial charge in [0.2, 0.25) is 10.0 Å². The van der Waals surface area contributed by atoms with Gasteiger partial charge in [-0.15, -0.1) is 0 Å². The molecule has 2 aromatic rings. The van der Waals surface area contributed by atoms with Gasteiger partial charge in [0, 0.05) is 51.1 Å². The smallest absolute Gasteiger partial charge is 0.292 e. The number of benzene rings is 2. The standard InChI is InChI=1S/C22H28N4O5S/c1-17-4-7-20(8-5-17)32(29,30)25-12-10-24(11-13-25)18-6-9-22(26(27)28)21(15-18)23-16-19-3-2-14-31-19/h4-9,15,19,23H,2-3,10-14,16H2,1H3/t19-/m0/s1. The first kappa shape index (κ1) is 22.5. The quantitative estimate of drug-likeness (QED) is 0.500. The Kier molecular flexibility index (Phi) is 6.63. The van der Waals surface area contributed by atoms with Gasteiger partial charge in [0.25, 0.3) is 5.69 Å². The second kappa shape index (κ2) is 9.43. The van der Waals surface area contributed by atoms with E-state index in [0.29, 0.717) is 43.3 Å². The Hall–Kier alpha value is -2.69. The molecule has 0 amide bonds. The molecule has 1 N–H and O–H groups in total. The maximum atomic E-state index is 12.9. The molecule has 10 heteroatoms. The van der Waals surface area contributed by atoms with E-state index in [-0.39, 0.29) is 11.8 Å². The Labute approximate surface area is 188 Å². The van der Waals surface area contributed by atoms with Crippen LogP contribution < -0.4 is 10.2 Å². The van der Waals surface area contributed by atoms with Crippen molar-refractivity contribution < 1.29 is 18.1 Å². The molecule has 2 aromatic carbocycles. The minimum absolute atomic E-state index is 0.0207. The Morgan fingerprint density at radius 1 is 1.12 bits per heavy atom. The lowest BCUT2D eigenvalue weighted by molar-refractivity contribution is -0.383. The van der Waals surface area contributed by atoms with Crippen LogP contribution in [0.25, 0.3) is 0 Å². The van der Waals surface area contributed by atoms with Crippen LogP contribution in [0, 0.1) is 17.0 Å². The predicted molar refractivity (Wildman–Crippen MR) is 123 cm³/mol. The van der Waals surface area contributed by atoms with E-state index in [1.54, 1.807) is 36.4 Å². The number of sulfonamides is 1. The summed E-state index contributed by atoms with van der Waals surface area (Å²) in [6, 6.07) is 11.9. The largest absolute Gasteiger partial charge is 0.377 e. The van der Waals surface area contributed by atoms with Crippen molar-refractivity contribution in [2.24, 2.45) is 0 Å². The number of aryl methyl sites for hydroxylation is 1. The highest BCUT2D eigenvalue weighted by atomic mass is 32.2. The van der Waals surface area contributed by atoms with Gasteiger partial charge in [-0.05, 0) is 44.0 Å². The summed E-state index contributed by atoms with van der Waals surface area (Å²) in [5, 5.41) is 14.6. The van der Waals surface area contributed by atoms with Gasteiger partial charge in [0.1, 0.15) is 5.69 Å². The first-order chi connectivity index (χ1) is 15.3. The summed E-state index contributed by atoms with van der Waals surface area (Å²) in [5.74, 6) is 0. The van der Waals surface area contributed by atoms with E-state index in [2.05, 4.69) is 10.2 Å². The summed E-state index contributed by atoms with van der Waals surface area (Å²) in [6.07, 6.45) is 2.01. The summed E-state index contributed by atoms with van der Waals surface area (Å²) in [4.78, 5) is 13.4. The lowest BCUT2D eigenvalue weighted by Gasteiger charge is -2.35. The lowest BCUT2D eigenvalue weighted by atomic mass is 10.2. The molecule has 2 aliphatic rings. The Bertz CT molecular complexity index is 1060. The fraction of sp³-hybridized carbons (Fsp3) is 0.455. The van der Waals surface area contributed by atoms with Gasteiger partial charge in [0.15, 0.2) is 0 Å². The van der Waals surface area contributed by atoms with Crippen LogP contribution in [0.3, 0.4) is 0 Å². The van der Waals surface area contributed by atoms with Crippen LogP contribution in [-0.4, -0.2) is 63.1 Å². The number of hydrogen-bond donors (Lipinski definition) is 1. The van der Waals surface area contributed by atoms with E-state index in [9.17, 15) is 18.5 Å². The highest BCUT2D eigenvalue weighted by molar-refractivity contribution is 7.89. The van der Waals surface area contributed by atoms with Crippen LogP contribution in [0.5, 0.6) is 0 Å². The molecular formula is C22H28N4O5S. The summed E-state index contributed by atoms with van der Waals surface area (Å²) in [7, 11) is -3.54. The monoisotopic (exact) mass is 460 g/mol. The van der Waals surface area contributed by atoms with Gasteiger partial charge >= 0.3 is 0 Å². The summed E-state index contributed by atoms with van der Waals surface area (Å²) in [5.41, 5.74) is 2.32. The molecule has 32 heavy (non-hydrogen) atoms. The third kappa shape index (κ3) is 4.87. The Morgan fingerprint density at radius 2 is 1.84 bits per heavy atom. The van der Waals surface area contributed by atoms with Crippen molar-refractivity contribution in [1.29, 1.82) is 0 Å². The first-order valence-electron chi connectivity index (χ1n) is 10.8. The Balaban J connectivity index is 1.45. The molecule has 0 saturated carbocycles. The maximum absolute atomic E-state index is 12.9. The van der Waals surface area contributed by atoms with Crippen LogP contribution in [0.1, 0.15) is 18.4 Å². The Morgan fingerprint density at radius 3 is 2.47 bits per heavy atom. The van der Waals surface area contributed by atoms with Crippen molar-refractivity contribution in [2.45, 2.75) is 30.8 Å². The number of nitro groups is 1. The molecule has 2 aliphatic heterocycles. The van der Waals surface area contributed by atoms with E-state index in [1.165, 1.54) is 10.4 Å². The number of nitrogens with one attached hydrogen (secondary N) is 1. The third-order valence-electron chi connectivity index (χ3n) is 5.98. The van der Waals surface area contributed by atoms with Crippen LogP contribution >= 0.6 is 0 Å². The molecule has 4 rings (SSSR count). The first-order valence-corrected chi connectivity index (χ1v) is 12.2. The second-order valence-electron chi connectivity index (χ2n) is 8.18. The minimum Gasteiger partial charge on any atom is -0.377 e. The molecule has 0 unspecified atom stereocenters. The fourth-order valence-corrected chi connectivity index (χ4v) is 5.52. The van der Waals surface area contributed by atoms with E-state index < -0.39 is 14.9 Å². The number of piperazine rings is 1. The van der Waals surface area contributed by atoms with Crippen molar-refractivity contribution in [1.82, 2.24) is 4.31 Å². The number of anilines is 2. The SMILES string of the molecule is Cc1ccc(S(=O)(=O)N2CCN(c3ccc([N+](=O)[O-])c(NC[C@@H]4CCCO4)c3)CC2)cc1. The second-order valence-corrected chi connectivity index (χ2v) is 10.1. The third-order valence-corrected chi connectivity index (χ3v) is 7.90. The number of ether oxygens (including phenoxy) is 1. The molecule has 2 heterocycles. The van der Waals surface area contributed by atoms with Crippen molar-refractivity contribution in [3.05, 3.63) is 58.1 Å². The van der Waals surface area contributed by atoms with E-state index in [4.69, 9.17) is 4.74 Å². The molecule has 0 aromatic heterocycles. The molecule has 172 valence electrons. The van der Waals surface area contributed by atoms with Gasteiger partial charge < -0.3 is 15.0 Å². The van der Waals surface area contributed by atoms with E-state index in [0.717, 1.165) is 30.7 Å². The van der Waals surface area contributed by atoms with Gasteiger partial charge in [-0.3, -0.25) is 10.1 Å². The topological polar surface area (TPSA) is 105 Å². The van der Waals surface area contributed by atoms with Gasteiger partial charge in [0.05, 0.1) is 15.9 Å². The van der Waals surface area contributed by atoms with E-state index >= 15 is 0 Å². The number of nitrogens with zero attached hydrogens (tertiary/aromatic N) is 3. The van der Waals surface area contributed by atoms with Crippen molar-refractivity contribution >= 4 is 27.1 Å². The molecule has 9 nitrogen and oxygen atoms in total. The molecule has 0 aliphatic carbocycles. The molecule has 1 atom stereocenters. The lowest BCUT2D eigenvalue weighted by Crippen LogP contribution is -2.48. The van der Waals surface area contributed by atoms with Crippen LogP contribution in [0.4, 0.5) is 17.1 Å². The number of nitro benzene ring substituents is 1. The zero-order chi connectivity index (χ0) is 22.7. The van der Waals surface area contributed by atoms with Gasteiger partial charge in [-0.1, -0.05) is 17.7 Å². The molecule has 0 spiro atoms. The van der Waals surface area contributed by atoms with Crippen molar-refractivity contribution in [3.8, 4) is 0 Å². The van der Waals surface area contributed by atoms with E-state index in [1.807, 2.05) is 6.92 Å². The molecule has 0 bridgehead atoms. The zero-order valence-corrected chi connectivity index (χ0v) is 18.9. The number of hydrogen-bond acceptors (Lipinski definition) is 7. The normalized spacial score (nSPS) is 19.8. The van der Waals surface area contributed by atoms with Crippen LogP contribution in [-0.2, 0) is 14.8 Å². The maximum Gasteiger partial charge on any atom is 0.292 e. The van der Waals surface area contributed by atoms with Gasteiger partial charge in [-0.25, -0.2) is 8.42 Å². The summed E-state index contributed by atoms with van der Waals surface area (Å²) >= 11 is 0. The van der Waals surface area contributed by atoms with Crippen LogP contribution in [0.15, 0.2) is 47.4 Å². The molecular weight excluding hydrogens is 432 g/mol. The van der Waals surface area contributed by atoms with Crippen molar-refractivity contribution in [3.63, 3.8) is 0 Å². The average molecular weight is 461 g/mol. The highest BCUT2D eigenvalue weighted by Gasteiger charge is 2.29. The fourth-order valence-electron chi connectivity index (χ4n) is 4.10. The highest BCUT2D eigenvalue weighted by Crippen LogP contribution is 2.31. The number of rotatable bonds is 7. The van der Waals surface area contributed by atoms with Gasteiger partial charge in [-0.2, -0.15) is 4.31 Å². The molecule has 0 radical (unpaired) electrons. The predicted octanol–water partition coefficient (Wildman–Crippen LogP) is 3.01.